The van der Waals surface area contributed by atoms with Gasteiger partial charge >= 0.3 is 5.97 Å². The molecule has 0 saturated heterocycles. The number of esters is 1. The van der Waals surface area contributed by atoms with Crippen molar-refractivity contribution < 1.29 is 13.9 Å². The van der Waals surface area contributed by atoms with Gasteiger partial charge in [0.05, 0.1) is 17.9 Å². The number of pyridine rings is 1. The highest BCUT2D eigenvalue weighted by Gasteiger charge is 2.19. The van der Waals surface area contributed by atoms with Crippen LogP contribution in [-0.4, -0.2) is 17.1 Å². The Morgan fingerprint density at radius 1 is 1.29 bits per heavy atom. The minimum Gasteiger partial charge on any atom is -0.462 e. The molecule has 2 rings (SSSR count). The van der Waals surface area contributed by atoms with Gasteiger partial charge in [0.15, 0.2) is 0 Å². The Bertz CT molecular complexity index is 750. The van der Waals surface area contributed by atoms with E-state index in [1.807, 2.05) is 0 Å². The van der Waals surface area contributed by atoms with Gasteiger partial charge in [0.1, 0.15) is 5.82 Å². The standard InChI is InChI=1S/C16H16FNO3/c1-4-21-16(20)15-10(2)9-14(19)18(11(15)3)13-8-6-5-7-12(13)17/h5-9H,4H2,1-3H3. The quantitative estimate of drug-likeness (QED) is 0.816. The Morgan fingerprint density at radius 2 is 1.95 bits per heavy atom. The molecular formula is C16H16FNO3. The van der Waals surface area contributed by atoms with Gasteiger partial charge in [-0.15, -0.1) is 0 Å². The lowest BCUT2D eigenvalue weighted by Crippen LogP contribution is -2.25. The SMILES string of the molecule is CCOC(=O)c1c(C)cc(=O)n(-c2ccccc2F)c1C. The first-order valence-electron chi connectivity index (χ1n) is 6.62. The summed E-state index contributed by atoms with van der Waals surface area (Å²) >= 11 is 0. The van der Waals surface area contributed by atoms with Crippen molar-refractivity contribution in [2.24, 2.45) is 0 Å². The van der Waals surface area contributed by atoms with Gasteiger partial charge < -0.3 is 4.74 Å². The zero-order valence-electron chi connectivity index (χ0n) is 12.1. The molecule has 110 valence electrons. The Balaban J connectivity index is 2.74. The van der Waals surface area contributed by atoms with Crippen LogP contribution in [0.2, 0.25) is 0 Å². The van der Waals surface area contributed by atoms with Crippen LogP contribution in [0.25, 0.3) is 5.69 Å². The average molecular weight is 289 g/mol. The van der Waals surface area contributed by atoms with Gasteiger partial charge in [0.25, 0.3) is 5.56 Å². The molecule has 0 fully saturated rings. The molecule has 1 aromatic carbocycles. The molecule has 0 unspecified atom stereocenters. The van der Waals surface area contributed by atoms with Gasteiger partial charge in [-0.25, -0.2) is 9.18 Å². The predicted octanol–water partition coefficient (Wildman–Crippen LogP) is 2.77. The lowest BCUT2D eigenvalue weighted by atomic mass is 10.1. The van der Waals surface area contributed by atoms with Crippen molar-refractivity contribution >= 4 is 5.97 Å². The zero-order chi connectivity index (χ0) is 15.6. The van der Waals surface area contributed by atoms with Gasteiger partial charge in [0.2, 0.25) is 0 Å². The van der Waals surface area contributed by atoms with Crippen LogP contribution in [-0.2, 0) is 4.74 Å². The van der Waals surface area contributed by atoms with Gasteiger partial charge in [-0.1, -0.05) is 12.1 Å². The van der Waals surface area contributed by atoms with Gasteiger partial charge in [-0.3, -0.25) is 9.36 Å². The van der Waals surface area contributed by atoms with E-state index < -0.39 is 11.8 Å². The molecule has 0 spiro atoms. The van der Waals surface area contributed by atoms with Crippen molar-refractivity contribution in [2.75, 3.05) is 6.61 Å². The van der Waals surface area contributed by atoms with E-state index in [0.717, 1.165) is 0 Å². The lowest BCUT2D eigenvalue weighted by molar-refractivity contribution is 0.0523. The van der Waals surface area contributed by atoms with Crippen LogP contribution in [0.5, 0.6) is 0 Å². The van der Waals surface area contributed by atoms with Crippen molar-refractivity contribution in [3.05, 3.63) is 63.3 Å². The number of halogens is 1. The summed E-state index contributed by atoms with van der Waals surface area (Å²) in [6.07, 6.45) is 0. The van der Waals surface area contributed by atoms with Gasteiger partial charge in [-0.05, 0) is 38.5 Å². The fourth-order valence-electron chi connectivity index (χ4n) is 2.33. The molecule has 0 radical (unpaired) electrons. The molecule has 0 aliphatic heterocycles. The zero-order valence-corrected chi connectivity index (χ0v) is 12.1. The van der Waals surface area contributed by atoms with Crippen LogP contribution in [0.15, 0.2) is 35.1 Å². The molecule has 4 nitrogen and oxygen atoms in total. The summed E-state index contributed by atoms with van der Waals surface area (Å²) in [6, 6.07) is 7.25. The smallest absolute Gasteiger partial charge is 0.340 e. The number of carbonyl (C=O) groups excluding carboxylic acids is 1. The van der Waals surface area contributed by atoms with E-state index in [1.54, 1.807) is 32.9 Å². The molecule has 1 aromatic heterocycles. The number of rotatable bonds is 3. The summed E-state index contributed by atoms with van der Waals surface area (Å²) in [7, 11) is 0. The highest BCUT2D eigenvalue weighted by atomic mass is 19.1. The van der Waals surface area contributed by atoms with Crippen molar-refractivity contribution in [1.29, 1.82) is 0 Å². The van der Waals surface area contributed by atoms with E-state index in [-0.39, 0.29) is 17.9 Å². The highest BCUT2D eigenvalue weighted by molar-refractivity contribution is 5.92. The second-order valence-corrected chi connectivity index (χ2v) is 4.63. The third-order valence-corrected chi connectivity index (χ3v) is 3.22. The van der Waals surface area contributed by atoms with E-state index in [0.29, 0.717) is 16.8 Å². The topological polar surface area (TPSA) is 48.3 Å². The van der Waals surface area contributed by atoms with Crippen LogP contribution in [0.1, 0.15) is 28.5 Å². The highest BCUT2D eigenvalue weighted by Crippen LogP contribution is 2.18. The summed E-state index contributed by atoms with van der Waals surface area (Å²) in [5.41, 5.74) is 0.903. The van der Waals surface area contributed by atoms with E-state index >= 15 is 0 Å². The maximum atomic E-state index is 13.9. The molecule has 0 amide bonds. The number of hydrogen-bond acceptors (Lipinski definition) is 3. The second-order valence-electron chi connectivity index (χ2n) is 4.63. The molecular weight excluding hydrogens is 273 g/mol. The maximum Gasteiger partial charge on any atom is 0.340 e. The molecule has 0 N–H and O–H groups in total. The Labute approximate surface area is 121 Å². The molecule has 0 saturated carbocycles. The van der Waals surface area contributed by atoms with E-state index in [1.165, 1.54) is 22.8 Å². The summed E-state index contributed by atoms with van der Waals surface area (Å²) in [4.78, 5) is 24.2. The Morgan fingerprint density at radius 3 is 2.57 bits per heavy atom. The van der Waals surface area contributed by atoms with Crippen LogP contribution < -0.4 is 5.56 Å². The number of aryl methyl sites for hydroxylation is 1. The lowest BCUT2D eigenvalue weighted by Gasteiger charge is -2.16. The molecule has 5 heteroatoms. The number of para-hydroxylation sites is 1. The van der Waals surface area contributed by atoms with Crippen LogP contribution >= 0.6 is 0 Å². The first-order valence-corrected chi connectivity index (χ1v) is 6.62. The van der Waals surface area contributed by atoms with Crippen molar-refractivity contribution in [2.45, 2.75) is 20.8 Å². The van der Waals surface area contributed by atoms with Gasteiger partial charge in [-0.2, -0.15) is 0 Å². The normalized spacial score (nSPS) is 10.5. The van der Waals surface area contributed by atoms with E-state index in [2.05, 4.69) is 0 Å². The average Bonchev–Trinajstić information content (AvgIpc) is 2.40. The predicted molar refractivity (Wildman–Crippen MR) is 77.4 cm³/mol. The van der Waals surface area contributed by atoms with Gasteiger partial charge in [0, 0.05) is 11.8 Å². The minimum absolute atomic E-state index is 0.116. The number of ether oxygens (including phenoxy) is 1. The Kier molecular flexibility index (Phi) is 4.21. The molecule has 1 heterocycles. The Hall–Kier alpha value is -2.43. The van der Waals surface area contributed by atoms with Crippen LogP contribution in [0, 0.1) is 19.7 Å². The first kappa shape index (κ1) is 15.0. The first-order chi connectivity index (χ1) is 9.97. The fraction of sp³-hybridized carbons (Fsp3) is 0.250. The van der Waals surface area contributed by atoms with Crippen molar-refractivity contribution in [3.8, 4) is 5.69 Å². The van der Waals surface area contributed by atoms with Crippen LogP contribution in [0.4, 0.5) is 4.39 Å². The summed E-state index contributed by atoms with van der Waals surface area (Å²) in [5.74, 6) is -1.04. The van der Waals surface area contributed by atoms with Crippen molar-refractivity contribution in [1.82, 2.24) is 4.57 Å². The summed E-state index contributed by atoms with van der Waals surface area (Å²) in [5, 5.41) is 0. The number of aromatic nitrogens is 1. The number of benzene rings is 1. The van der Waals surface area contributed by atoms with Crippen LogP contribution in [0.3, 0.4) is 0 Å². The third-order valence-electron chi connectivity index (χ3n) is 3.22. The third kappa shape index (κ3) is 2.72. The molecule has 21 heavy (non-hydrogen) atoms. The molecule has 0 aliphatic carbocycles. The number of hydrogen-bond donors (Lipinski definition) is 0. The number of nitrogens with zero attached hydrogens (tertiary/aromatic N) is 1. The minimum atomic E-state index is -0.527. The fourth-order valence-corrected chi connectivity index (χ4v) is 2.33. The summed E-state index contributed by atoms with van der Waals surface area (Å²) in [6.45, 7) is 5.20. The second kappa shape index (κ2) is 5.91. The monoisotopic (exact) mass is 289 g/mol. The van der Waals surface area contributed by atoms with Crippen molar-refractivity contribution in [3.63, 3.8) is 0 Å². The van der Waals surface area contributed by atoms with E-state index in [4.69, 9.17) is 4.74 Å². The molecule has 0 bridgehead atoms. The molecule has 2 aromatic rings. The molecule has 0 atom stereocenters. The maximum absolute atomic E-state index is 13.9. The molecule has 0 aliphatic rings. The number of carbonyl (C=O) groups is 1. The van der Waals surface area contributed by atoms with E-state index in [9.17, 15) is 14.0 Å². The summed E-state index contributed by atoms with van der Waals surface area (Å²) < 4.78 is 20.1. The largest absolute Gasteiger partial charge is 0.462 e.